The summed E-state index contributed by atoms with van der Waals surface area (Å²) in [5.41, 5.74) is 7.41. The van der Waals surface area contributed by atoms with Crippen LogP contribution in [-0.4, -0.2) is 67.7 Å². The van der Waals surface area contributed by atoms with Gasteiger partial charge in [-0.1, -0.05) is 23.0 Å². The number of rotatable bonds is 8. The number of fused-ring (bicyclic) bond motifs is 1. The fourth-order valence-corrected chi connectivity index (χ4v) is 6.26. The van der Waals surface area contributed by atoms with E-state index in [1.54, 1.807) is 17.0 Å². The van der Waals surface area contributed by atoms with Gasteiger partial charge < -0.3 is 21.0 Å². The van der Waals surface area contributed by atoms with Crippen LogP contribution in [0.25, 0.3) is 6.08 Å². The number of aryl methyl sites for hydroxylation is 1. The summed E-state index contributed by atoms with van der Waals surface area (Å²) >= 11 is 3.73. The Kier molecular flexibility index (Phi) is 7.42. The Morgan fingerprint density at radius 2 is 2.23 bits per heavy atom. The minimum absolute atomic E-state index is 0.0843. The van der Waals surface area contributed by atoms with Crippen molar-refractivity contribution in [2.75, 3.05) is 18.6 Å². The van der Waals surface area contributed by atoms with E-state index in [9.17, 15) is 19.5 Å². The Balaban J connectivity index is 1.48. The predicted molar refractivity (Wildman–Crippen MR) is 135 cm³/mol. The highest BCUT2D eigenvalue weighted by Crippen LogP contribution is 2.43. The molecular formula is C21H20N6O5S3. The molecule has 0 saturated carbocycles. The van der Waals surface area contributed by atoms with Gasteiger partial charge in [-0.15, -0.1) is 23.1 Å². The quantitative estimate of drug-likeness (QED) is 0.260. The van der Waals surface area contributed by atoms with Gasteiger partial charge in [-0.2, -0.15) is 0 Å². The Bertz CT molecular complexity index is 1260. The minimum atomic E-state index is -1.21. The lowest BCUT2D eigenvalue weighted by atomic mass is 10.0. The maximum Gasteiger partial charge on any atom is 0.353 e. The van der Waals surface area contributed by atoms with E-state index in [4.69, 9.17) is 10.6 Å². The molecule has 2 atom stereocenters. The second-order valence-corrected chi connectivity index (χ2v) is 10.3. The van der Waals surface area contributed by atoms with Crippen LogP contribution in [0.4, 0.5) is 5.13 Å². The van der Waals surface area contributed by atoms with Crippen molar-refractivity contribution >= 4 is 69.6 Å². The molecule has 2 aromatic heterocycles. The van der Waals surface area contributed by atoms with Crippen LogP contribution in [0.2, 0.25) is 0 Å². The van der Waals surface area contributed by atoms with E-state index in [1.807, 2.05) is 25.1 Å². The molecule has 4 N–H and O–H groups in total. The zero-order valence-electron chi connectivity index (χ0n) is 18.5. The summed E-state index contributed by atoms with van der Waals surface area (Å²) in [7, 11) is 1.28. The number of nitrogens with one attached hydrogen (secondary N) is 1. The zero-order chi connectivity index (χ0) is 25.1. The van der Waals surface area contributed by atoms with E-state index in [2.05, 4.69) is 20.4 Å². The monoisotopic (exact) mass is 532 g/mol. The highest BCUT2D eigenvalue weighted by atomic mass is 32.2. The van der Waals surface area contributed by atoms with Crippen molar-refractivity contribution in [3.05, 3.63) is 56.7 Å². The van der Waals surface area contributed by atoms with E-state index in [0.29, 0.717) is 10.7 Å². The predicted octanol–water partition coefficient (Wildman–Crippen LogP) is 1.88. The fourth-order valence-electron chi connectivity index (χ4n) is 3.36. The van der Waals surface area contributed by atoms with Crippen molar-refractivity contribution < 1.29 is 24.3 Å². The first-order chi connectivity index (χ1) is 16.8. The molecule has 0 bridgehead atoms. The third-order valence-electron chi connectivity index (χ3n) is 4.99. The molecule has 0 aliphatic carbocycles. The molecule has 2 aliphatic heterocycles. The minimum Gasteiger partial charge on any atom is -0.477 e. The first-order valence-corrected chi connectivity index (χ1v) is 12.9. The van der Waals surface area contributed by atoms with Gasteiger partial charge in [0.1, 0.15) is 29.9 Å². The highest BCUT2D eigenvalue weighted by molar-refractivity contribution is 8.08. The maximum absolute atomic E-state index is 12.9. The van der Waals surface area contributed by atoms with Crippen LogP contribution in [0.15, 0.2) is 44.9 Å². The molecule has 14 heteroatoms. The van der Waals surface area contributed by atoms with Crippen molar-refractivity contribution in [1.29, 1.82) is 0 Å². The van der Waals surface area contributed by atoms with E-state index in [0.717, 1.165) is 22.6 Å². The number of nitrogens with zero attached hydrogens (tertiary/aromatic N) is 4. The van der Waals surface area contributed by atoms with Crippen molar-refractivity contribution in [3.63, 3.8) is 0 Å². The number of aliphatic carboxylic acids is 1. The zero-order valence-corrected chi connectivity index (χ0v) is 20.9. The van der Waals surface area contributed by atoms with E-state index in [1.165, 1.54) is 35.5 Å². The number of hydrogen-bond donors (Lipinski definition) is 3. The topological polar surface area (TPSA) is 160 Å². The SMILES string of the molecule is CON=C(C(=O)NC1C(=O)N2C(C(=O)O)=C(SC=Cc3ccc(C)nc3)CS[C@@H]12)c1csc(N)n1. The van der Waals surface area contributed by atoms with Gasteiger partial charge in [0.05, 0.1) is 0 Å². The Labute approximate surface area is 212 Å². The van der Waals surface area contributed by atoms with Crippen LogP contribution in [-0.2, 0) is 19.2 Å². The Morgan fingerprint density at radius 1 is 1.43 bits per heavy atom. The highest BCUT2D eigenvalue weighted by Gasteiger charge is 2.54. The number of hydrogen-bond acceptors (Lipinski definition) is 11. The second-order valence-electron chi connectivity index (χ2n) is 7.28. The molecule has 2 aliphatic rings. The van der Waals surface area contributed by atoms with Gasteiger partial charge in [0, 0.05) is 27.9 Å². The fraction of sp³-hybridized carbons (Fsp3) is 0.238. The average Bonchev–Trinajstić information content (AvgIpc) is 3.27. The lowest BCUT2D eigenvalue weighted by Crippen LogP contribution is -2.71. The molecule has 35 heavy (non-hydrogen) atoms. The number of pyridine rings is 1. The number of carbonyl (C=O) groups excluding carboxylic acids is 2. The summed E-state index contributed by atoms with van der Waals surface area (Å²) in [4.78, 5) is 52.5. The van der Waals surface area contributed by atoms with Crippen LogP contribution >= 0.6 is 34.9 Å². The van der Waals surface area contributed by atoms with Crippen molar-refractivity contribution in [2.24, 2.45) is 5.16 Å². The van der Waals surface area contributed by atoms with E-state index < -0.39 is 29.2 Å². The third kappa shape index (κ3) is 5.18. The van der Waals surface area contributed by atoms with E-state index >= 15 is 0 Å². The number of anilines is 1. The first kappa shape index (κ1) is 24.8. The number of β-lactam (4-membered cyclic amide) rings is 1. The number of carbonyl (C=O) groups is 3. The van der Waals surface area contributed by atoms with Crippen molar-refractivity contribution in [1.82, 2.24) is 20.2 Å². The summed E-state index contributed by atoms with van der Waals surface area (Å²) in [5.74, 6) is -2.04. The summed E-state index contributed by atoms with van der Waals surface area (Å²) < 4.78 is 0. The molecule has 2 amide bonds. The molecule has 4 rings (SSSR count). The molecule has 4 heterocycles. The second kappa shape index (κ2) is 10.5. The number of carboxylic acid groups (broad SMARTS) is 1. The molecular weight excluding hydrogens is 512 g/mol. The number of thioether (sulfide) groups is 2. The number of nitrogens with two attached hydrogens (primary N) is 1. The Morgan fingerprint density at radius 3 is 2.86 bits per heavy atom. The third-order valence-corrected chi connectivity index (χ3v) is 8.02. The number of aromatic nitrogens is 2. The standard InChI is InChI=1S/C21H20N6O5S3/c1-10-3-4-11(7-23-10)5-6-33-13-9-34-19-15(18(29)27(19)16(13)20(30)31)25-17(28)14(26-32-2)12-8-35-21(22)24-12/h3-8,15,19H,9H2,1-2H3,(H2,22,24)(H,25,28)(H,30,31)/t15?,19-/m0/s1. The van der Waals surface area contributed by atoms with Crippen molar-refractivity contribution in [2.45, 2.75) is 18.3 Å². The summed E-state index contributed by atoms with van der Waals surface area (Å²) in [6, 6.07) is 2.87. The van der Waals surface area contributed by atoms with Gasteiger partial charge in [-0.05, 0) is 30.0 Å². The number of amides is 2. The molecule has 1 unspecified atom stereocenters. The molecule has 1 fully saturated rings. The molecule has 11 nitrogen and oxygen atoms in total. The molecule has 0 radical (unpaired) electrons. The molecule has 182 valence electrons. The largest absolute Gasteiger partial charge is 0.477 e. The average molecular weight is 533 g/mol. The van der Waals surface area contributed by atoms with Crippen LogP contribution < -0.4 is 11.1 Å². The first-order valence-electron chi connectivity index (χ1n) is 10.1. The maximum atomic E-state index is 12.9. The van der Waals surface area contributed by atoms with Crippen LogP contribution in [0.1, 0.15) is 17.0 Å². The molecule has 0 spiro atoms. The van der Waals surface area contributed by atoms with Gasteiger partial charge in [-0.3, -0.25) is 19.5 Å². The summed E-state index contributed by atoms with van der Waals surface area (Å²) in [5, 5.41) is 19.2. The lowest BCUT2D eigenvalue weighted by molar-refractivity contribution is -0.150. The molecule has 0 aromatic carbocycles. The smallest absolute Gasteiger partial charge is 0.353 e. The number of thiazole rings is 1. The normalized spacial score (nSPS) is 20.0. The number of nitrogen functional groups attached to an aromatic ring is 1. The number of oxime groups is 1. The molecule has 2 aromatic rings. The summed E-state index contributed by atoms with van der Waals surface area (Å²) in [6.45, 7) is 1.89. The van der Waals surface area contributed by atoms with Gasteiger partial charge >= 0.3 is 5.97 Å². The van der Waals surface area contributed by atoms with Crippen molar-refractivity contribution in [3.8, 4) is 0 Å². The number of carboxylic acids is 1. The van der Waals surface area contributed by atoms with Gasteiger partial charge in [-0.25, -0.2) is 9.78 Å². The summed E-state index contributed by atoms with van der Waals surface area (Å²) in [6.07, 6.45) is 3.54. The lowest BCUT2D eigenvalue weighted by Gasteiger charge is -2.49. The van der Waals surface area contributed by atoms with Crippen LogP contribution in [0, 0.1) is 6.92 Å². The van der Waals surface area contributed by atoms with E-state index in [-0.39, 0.29) is 22.2 Å². The van der Waals surface area contributed by atoms with Gasteiger partial charge in [0.15, 0.2) is 10.8 Å². The van der Waals surface area contributed by atoms with Crippen LogP contribution in [0.5, 0.6) is 0 Å². The van der Waals surface area contributed by atoms with Gasteiger partial charge in [0.2, 0.25) is 0 Å². The Hall–Kier alpha value is -3.36. The molecule has 1 saturated heterocycles. The van der Waals surface area contributed by atoms with Crippen LogP contribution in [0.3, 0.4) is 0 Å². The van der Waals surface area contributed by atoms with Gasteiger partial charge in [0.25, 0.3) is 11.8 Å².